The van der Waals surface area contributed by atoms with Crippen LogP contribution in [0.1, 0.15) is 79.1 Å². The van der Waals surface area contributed by atoms with Crippen LogP contribution in [-0.2, 0) is 9.53 Å². The molecule has 0 aromatic heterocycles. The first-order chi connectivity index (χ1) is 10.4. The maximum atomic E-state index is 12.5. The number of ether oxygens (including phenoxy) is 1. The Labute approximate surface area is 137 Å². The molecule has 2 rings (SSSR count). The predicted molar refractivity (Wildman–Crippen MR) is 90.6 cm³/mol. The summed E-state index contributed by atoms with van der Waals surface area (Å²) in [5.41, 5.74) is 0. The van der Waals surface area contributed by atoms with Gasteiger partial charge in [0.2, 0.25) is 0 Å². The first-order valence-corrected chi connectivity index (χ1v) is 9.49. The van der Waals surface area contributed by atoms with E-state index in [9.17, 15) is 4.79 Å². The van der Waals surface area contributed by atoms with E-state index in [0.29, 0.717) is 18.1 Å². The predicted octanol–water partition coefficient (Wildman–Crippen LogP) is 4.29. The van der Waals surface area contributed by atoms with E-state index in [-0.39, 0.29) is 18.0 Å². The number of fused-ring (bicyclic) bond motifs is 2. The van der Waals surface area contributed by atoms with E-state index in [2.05, 4.69) is 34.7 Å². The number of carbonyl (C=O) groups excluding carboxylic acids is 1. The summed E-state index contributed by atoms with van der Waals surface area (Å²) < 4.78 is 7.16. The largest absolute Gasteiger partial charge is 0.462 e. The van der Waals surface area contributed by atoms with Crippen LogP contribution < -0.4 is 0 Å². The molecule has 3 nitrogen and oxygen atoms in total. The van der Waals surface area contributed by atoms with E-state index in [4.69, 9.17) is 4.74 Å². The molecule has 2 aliphatic rings. The topological polar surface area (TPSA) is 26.3 Å². The highest BCUT2D eigenvalue weighted by atomic mass is 16.5. The molecule has 2 saturated heterocycles. The molecule has 0 aromatic rings. The van der Waals surface area contributed by atoms with Crippen molar-refractivity contribution in [2.24, 2.45) is 5.92 Å². The van der Waals surface area contributed by atoms with E-state index in [1.54, 1.807) is 0 Å². The van der Waals surface area contributed by atoms with Crippen LogP contribution in [0.25, 0.3) is 0 Å². The van der Waals surface area contributed by atoms with Crippen LogP contribution in [0.2, 0.25) is 0 Å². The summed E-state index contributed by atoms with van der Waals surface area (Å²) >= 11 is 0. The number of esters is 1. The second-order valence-electron chi connectivity index (χ2n) is 8.01. The van der Waals surface area contributed by atoms with Crippen LogP contribution in [0.3, 0.4) is 0 Å². The summed E-state index contributed by atoms with van der Waals surface area (Å²) in [5, 5.41) is 0. The number of carbonyl (C=O) groups is 1. The molecule has 2 heterocycles. The molecule has 0 unspecified atom stereocenters. The van der Waals surface area contributed by atoms with Gasteiger partial charge in [-0.15, -0.1) is 0 Å². The van der Waals surface area contributed by atoms with Crippen molar-refractivity contribution in [1.29, 1.82) is 0 Å². The van der Waals surface area contributed by atoms with Crippen molar-refractivity contribution in [3.05, 3.63) is 0 Å². The maximum Gasteiger partial charge on any atom is 0.309 e. The second-order valence-corrected chi connectivity index (χ2v) is 8.01. The third-order valence-electron chi connectivity index (χ3n) is 6.48. The maximum absolute atomic E-state index is 12.5. The fourth-order valence-corrected chi connectivity index (χ4v) is 4.91. The number of hydrogen-bond acceptors (Lipinski definition) is 2. The Kier molecular flexibility index (Phi) is 5.93. The zero-order valence-corrected chi connectivity index (χ0v) is 15.3. The lowest BCUT2D eigenvalue weighted by Crippen LogP contribution is -2.62. The van der Waals surface area contributed by atoms with Crippen LogP contribution in [-0.4, -0.2) is 41.7 Å². The van der Waals surface area contributed by atoms with E-state index >= 15 is 0 Å². The first kappa shape index (κ1) is 17.8. The lowest BCUT2D eigenvalue weighted by Gasteiger charge is -2.49. The van der Waals surface area contributed by atoms with E-state index < -0.39 is 0 Å². The highest BCUT2D eigenvalue weighted by Gasteiger charge is 2.53. The third-order valence-corrected chi connectivity index (χ3v) is 6.48. The Morgan fingerprint density at radius 2 is 1.59 bits per heavy atom. The molecule has 2 atom stereocenters. The minimum Gasteiger partial charge on any atom is -0.462 e. The summed E-state index contributed by atoms with van der Waals surface area (Å²) in [6, 6.07) is 2.04. The molecule has 3 heteroatoms. The van der Waals surface area contributed by atoms with Crippen LogP contribution >= 0.6 is 0 Å². The average molecular weight is 311 g/mol. The fraction of sp³-hybridized carbons (Fsp3) is 0.947. The summed E-state index contributed by atoms with van der Waals surface area (Å²) in [5.74, 6) is 0.203. The normalized spacial score (nSPS) is 34.4. The molecule has 0 amide bonds. The molecule has 2 bridgehead atoms. The van der Waals surface area contributed by atoms with Crippen molar-refractivity contribution < 1.29 is 14.0 Å². The minimum absolute atomic E-state index is 0.0775. The summed E-state index contributed by atoms with van der Waals surface area (Å²) in [6.07, 6.45) is 9.02. The van der Waals surface area contributed by atoms with Crippen molar-refractivity contribution in [2.45, 2.75) is 103 Å². The molecule has 0 radical (unpaired) electrons. The van der Waals surface area contributed by atoms with Crippen LogP contribution in [0, 0.1) is 5.92 Å². The highest BCUT2D eigenvalue weighted by Crippen LogP contribution is 2.44. The van der Waals surface area contributed by atoms with Gasteiger partial charge in [0.25, 0.3) is 0 Å². The lowest BCUT2D eigenvalue weighted by molar-refractivity contribution is -0.968. The third kappa shape index (κ3) is 3.34. The Balaban J connectivity index is 1.95. The number of quaternary nitrogens is 1. The smallest absolute Gasteiger partial charge is 0.309 e. The van der Waals surface area contributed by atoms with Gasteiger partial charge in [0.05, 0.1) is 31.1 Å². The minimum atomic E-state index is 0.0775. The van der Waals surface area contributed by atoms with Crippen molar-refractivity contribution in [3.8, 4) is 0 Å². The SMILES string of the molecule is CCCC(CCC)C(=O)OC1C[C@H]2CC[C@H](C1)[N+]2(C)C(C)C. The van der Waals surface area contributed by atoms with Crippen LogP contribution in [0.4, 0.5) is 0 Å². The first-order valence-electron chi connectivity index (χ1n) is 9.49. The quantitative estimate of drug-likeness (QED) is 0.518. The number of hydrogen-bond donors (Lipinski definition) is 0. The number of nitrogens with zero attached hydrogens (tertiary/aromatic N) is 1. The van der Waals surface area contributed by atoms with Gasteiger partial charge in [-0.05, 0) is 26.7 Å². The summed E-state index contributed by atoms with van der Waals surface area (Å²) in [7, 11) is 2.42. The molecule has 0 N–H and O–H groups in total. The molecule has 128 valence electrons. The fourth-order valence-electron chi connectivity index (χ4n) is 4.91. The van der Waals surface area contributed by atoms with Gasteiger partial charge in [0.15, 0.2) is 0 Å². The highest BCUT2D eigenvalue weighted by molar-refractivity contribution is 5.72. The van der Waals surface area contributed by atoms with Crippen LogP contribution in [0.15, 0.2) is 0 Å². The molecule has 0 aromatic carbocycles. The lowest BCUT2D eigenvalue weighted by atomic mass is 9.94. The Hall–Kier alpha value is -0.570. The number of rotatable bonds is 7. The molecule has 2 aliphatic heterocycles. The average Bonchev–Trinajstić information content (AvgIpc) is 2.65. The molecule has 0 aliphatic carbocycles. The Bertz CT molecular complexity index is 360. The van der Waals surface area contributed by atoms with Gasteiger partial charge < -0.3 is 9.22 Å². The molecule has 0 spiro atoms. The van der Waals surface area contributed by atoms with E-state index in [0.717, 1.165) is 38.5 Å². The van der Waals surface area contributed by atoms with E-state index in [1.165, 1.54) is 17.3 Å². The summed E-state index contributed by atoms with van der Waals surface area (Å²) in [4.78, 5) is 12.5. The van der Waals surface area contributed by atoms with Crippen molar-refractivity contribution in [1.82, 2.24) is 0 Å². The van der Waals surface area contributed by atoms with Crippen molar-refractivity contribution in [2.75, 3.05) is 7.05 Å². The van der Waals surface area contributed by atoms with Gasteiger partial charge in [-0.1, -0.05) is 26.7 Å². The number of piperidine rings is 1. The zero-order chi connectivity index (χ0) is 16.3. The Morgan fingerprint density at radius 3 is 2.00 bits per heavy atom. The van der Waals surface area contributed by atoms with Gasteiger partial charge in [0.1, 0.15) is 6.10 Å². The molecular formula is C19H36NO2+. The van der Waals surface area contributed by atoms with Crippen molar-refractivity contribution in [3.63, 3.8) is 0 Å². The Morgan fingerprint density at radius 1 is 1.09 bits per heavy atom. The van der Waals surface area contributed by atoms with Crippen molar-refractivity contribution >= 4 is 5.97 Å². The standard InChI is InChI=1S/C19H36NO2/c1-6-8-15(9-7-2)19(21)22-18-12-16-10-11-17(13-18)20(16,5)14(3)4/h14-18H,6-13H2,1-5H3/q+1/t16-,17-,18?,20?/m1/s1. The molecule has 2 fully saturated rings. The van der Waals surface area contributed by atoms with Gasteiger partial charge in [-0.3, -0.25) is 4.79 Å². The van der Waals surface area contributed by atoms with Gasteiger partial charge in [-0.2, -0.15) is 0 Å². The molecule has 22 heavy (non-hydrogen) atoms. The second kappa shape index (κ2) is 7.33. The van der Waals surface area contributed by atoms with Gasteiger partial charge in [-0.25, -0.2) is 0 Å². The molecule has 0 saturated carbocycles. The zero-order valence-electron chi connectivity index (χ0n) is 15.3. The van der Waals surface area contributed by atoms with Gasteiger partial charge >= 0.3 is 5.97 Å². The van der Waals surface area contributed by atoms with Crippen LogP contribution in [0.5, 0.6) is 0 Å². The summed E-state index contributed by atoms with van der Waals surface area (Å²) in [6.45, 7) is 9.00. The van der Waals surface area contributed by atoms with Gasteiger partial charge in [0, 0.05) is 25.7 Å². The molecular weight excluding hydrogens is 274 g/mol. The monoisotopic (exact) mass is 310 g/mol. The van der Waals surface area contributed by atoms with E-state index in [1.807, 2.05) is 0 Å².